The predicted octanol–water partition coefficient (Wildman–Crippen LogP) is 7.80. The van der Waals surface area contributed by atoms with Crippen LogP contribution in [0.4, 0.5) is 0 Å². The molecule has 1 saturated carbocycles. The van der Waals surface area contributed by atoms with Gasteiger partial charge in [0.25, 0.3) is 0 Å². The van der Waals surface area contributed by atoms with Gasteiger partial charge in [-0.15, -0.1) is 0 Å². The molecule has 0 aromatic heterocycles. The Labute approximate surface area is 250 Å². The third-order valence-corrected chi connectivity index (χ3v) is 7.55. The highest BCUT2D eigenvalue weighted by molar-refractivity contribution is 5.89. The topological polar surface area (TPSA) is 88.1 Å². The van der Waals surface area contributed by atoms with Gasteiger partial charge in [-0.2, -0.15) is 0 Å². The lowest BCUT2D eigenvalue weighted by Gasteiger charge is -2.27. The van der Waals surface area contributed by atoms with Crippen molar-refractivity contribution in [2.75, 3.05) is 13.2 Å². The van der Waals surface area contributed by atoms with Gasteiger partial charge in [0.15, 0.2) is 0 Å². The molecule has 0 bridgehead atoms. The molecule has 7 nitrogen and oxygen atoms in total. The smallest absolute Gasteiger partial charge is 0.338 e. The van der Waals surface area contributed by atoms with Crippen LogP contribution in [0.1, 0.15) is 99.9 Å². The number of ether oxygens (including phenoxy) is 4. The van der Waals surface area contributed by atoms with Gasteiger partial charge in [0, 0.05) is 6.08 Å². The Hall–Kier alpha value is -3.61. The van der Waals surface area contributed by atoms with Gasteiger partial charge in [0.05, 0.1) is 24.7 Å². The Morgan fingerprint density at radius 1 is 0.786 bits per heavy atom. The van der Waals surface area contributed by atoms with Gasteiger partial charge in [-0.1, -0.05) is 44.9 Å². The van der Waals surface area contributed by atoms with Gasteiger partial charge >= 0.3 is 17.9 Å². The van der Waals surface area contributed by atoms with Crippen LogP contribution in [0.3, 0.4) is 0 Å². The van der Waals surface area contributed by atoms with Crippen LogP contribution in [-0.2, 0) is 25.5 Å². The van der Waals surface area contributed by atoms with Gasteiger partial charge in [0.2, 0.25) is 0 Å². The number of aryl methyl sites for hydroxylation is 1. The van der Waals surface area contributed by atoms with E-state index in [1.807, 2.05) is 24.3 Å². The minimum absolute atomic E-state index is 0.181. The monoisotopic (exact) mass is 578 g/mol. The molecule has 42 heavy (non-hydrogen) atoms. The molecule has 1 aliphatic carbocycles. The summed E-state index contributed by atoms with van der Waals surface area (Å²) in [4.78, 5) is 36.4. The fourth-order valence-electron chi connectivity index (χ4n) is 4.98. The molecule has 1 fully saturated rings. The molecular formula is C35H46O7. The van der Waals surface area contributed by atoms with Crippen LogP contribution in [0.2, 0.25) is 0 Å². The molecule has 0 amide bonds. The van der Waals surface area contributed by atoms with E-state index in [0.29, 0.717) is 56.0 Å². The summed E-state index contributed by atoms with van der Waals surface area (Å²) < 4.78 is 22.1. The zero-order valence-corrected chi connectivity index (χ0v) is 25.0. The highest BCUT2D eigenvalue weighted by atomic mass is 16.5. The molecule has 228 valence electrons. The Balaban J connectivity index is 1.29. The molecule has 0 saturated heterocycles. The van der Waals surface area contributed by atoms with E-state index in [2.05, 4.69) is 13.5 Å². The first-order valence-electron chi connectivity index (χ1n) is 15.5. The molecule has 0 spiro atoms. The number of hydrogen-bond acceptors (Lipinski definition) is 7. The van der Waals surface area contributed by atoms with Crippen LogP contribution >= 0.6 is 0 Å². The molecule has 0 radical (unpaired) electrons. The Kier molecular flexibility index (Phi) is 14.7. The summed E-state index contributed by atoms with van der Waals surface area (Å²) in [6, 6.07) is 14.8. The van der Waals surface area contributed by atoms with E-state index in [1.165, 1.54) is 37.3 Å². The molecule has 0 atom stereocenters. The minimum atomic E-state index is -0.388. The lowest BCUT2D eigenvalue weighted by Crippen LogP contribution is -2.30. The van der Waals surface area contributed by atoms with Crippen molar-refractivity contribution in [2.24, 2.45) is 5.92 Å². The maximum absolute atomic E-state index is 12.7. The first-order valence-corrected chi connectivity index (χ1v) is 15.5. The first-order chi connectivity index (χ1) is 20.5. The van der Waals surface area contributed by atoms with Crippen LogP contribution < -0.4 is 9.47 Å². The largest absolute Gasteiger partial charge is 0.494 e. The molecule has 3 rings (SSSR count). The van der Waals surface area contributed by atoms with Gasteiger partial charge < -0.3 is 18.9 Å². The lowest BCUT2D eigenvalue weighted by atomic mass is 9.87. The average molecular weight is 579 g/mol. The zero-order valence-electron chi connectivity index (χ0n) is 25.0. The number of carbonyl (C=O) groups is 3. The third-order valence-electron chi connectivity index (χ3n) is 7.55. The molecule has 0 heterocycles. The van der Waals surface area contributed by atoms with Gasteiger partial charge in [-0.25, -0.2) is 9.59 Å². The van der Waals surface area contributed by atoms with Gasteiger partial charge in [0.1, 0.15) is 17.6 Å². The van der Waals surface area contributed by atoms with Crippen molar-refractivity contribution in [3.05, 3.63) is 72.3 Å². The summed E-state index contributed by atoms with van der Waals surface area (Å²) in [6.45, 7) is 6.56. The van der Waals surface area contributed by atoms with Crippen molar-refractivity contribution in [1.29, 1.82) is 0 Å². The Bertz CT molecular complexity index is 1100. The standard InChI is InChI=1S/C35H46O7/c1-3-5-6-9-12-27-13-19-31(20-14-27)41-35(38)29-17-23-32(24-18-29)42-34(37)28-15-21-30(22-16-28)39-25-10-7-8-11-26-40-33(36)4-2/h4,13-16,19-22,29,32H,2-3,5-12,17-18,23-26H2,1H3. The van der Waals surface area contributed by atoms with Crippen molar-refractivity contribution in [3.8, 4) is 11.5 Å². The summed E-state index contributed by atoms with van der Waals surface area (Å²) in [7, 11) is 0. The van der Waals surface area contributed by atoms with E-state index in [-0.39, 0.29) is 29.9 Å². The fraction of sp³-hybridized carbons (Fsp3) is 0.514. The highest BCUT2D eigenvalue weighted by Crippen LogP contribution is 2.29. The van der Waals surface area contributed by atoms with E-state index >= 15 is 0 Å². The van der Waals surface area contributed by atoms with Crippen molar-refractivity contribution >= 4 is 17.9 Å². The fourth-order valence-corrected chi connectivity index (χ4v) is 4.98. The molecule has 2 aromatic carbocycles. The Morgan fingerprint density at radius 3 is 2.10 bits per heavy atom. The van der Waals surface area contributed by atoms with Crippen LogP contribution in [0.5, 0.6) is 11.5 Å². The summed E-state index contributed by atoms with van der Waals surface area (Å²) in [5.74, 6) is 0.147. The molecule has 0 unspecified atom stereocenters. The van der Waals surface area contributed by atoms with Crippen LogP contribution in [0.25, 0.3) is 0 Å². The number of hydrogen-bond donors (Lipinski definition) is 0. The second-order valence-corrected chi connectivity index (χ2v) is 10.9. The van der Waals surface area contributed by atoms with Crippen molar-refractivity contribution in [2.45, 2.75) is 96.5 Å². The van der Waals surface area contributed by atoms with E-state index < -0.39 is 0 Å². The quantitative estimate of drug-likeness (QED) is 0.0772. The van der Waals surface area contributed by atoms with Crippen molar-refractivity contribution in [1.82, 2.24) is 0 Å². The normalized spacial score (nSPS) is 16.3. The SMILES string of the molecule is C=CC(=O)OCCCCCCOc1ccc(C(=O)OC2CCC(C(=O)Oc3ccc(CCCCCC)cc3)CC2)cc1. The third kappa shape index (κ3) is 12.1. The molecular weight excluding hydrogens is 532 g/mol. The number of unbranched alkanes of at least 4 members (excludes halogenated alkanes) is 6. The van der Waals surface area contributed by atoms with Crippen LogP contribution in [0, 0.1) is 5.92 Å². The van der Waals surface area contributed by atoms with Crippen molar-refractivity contribution in [3.63, 3.8) is 0 Å². The summed E-state index contributed by atoms with van der Waals surface area (Å²) in [6.07, 6.45) is 13.1. The van der Waals surface area contributed by atoms with E-state index in [9.17, 15) is 14.4 Å². The van der Waals surface area contributed by atoms with Crippen LogP contribution in [0.15, 0.2) is 61.2 Å². The number of esters is 3. The average Bonchev–Trinajstić information content (AvgIpc) is 3.01. The number of rotatable bonds is 18. The number of carbonyl (C=O) groups excluding carboxylic acids is 3. The second-order valence-electron chi connectivity index (χ2n) is 10.9. The highest BCUT2D eigenvalue weighted by Gasteiger charge is 2.30. The lowest BCUT2D eigenvalue weighted by molar-refractivity contribution is -0.140. The summed E-state index contributed by atoms with van der Waals surface area (Å²) in [5.41, 5.74) is 1.75. The summed E-state index contributed by atoms with van der Waals surface area (Å²) in [5, 5.41) is 0. The van der Waals surface area contributed by atoms with Gasteiger partial charge in [-0.3, -0.25) is 4.79 Å². The minimum Gasteiger partial charge on any atom is -0.494 e. The van der Waals surface area contributed by atoms with Crippen LogP contribution in [-0.4, -0.2) is 37.2 Å². The second kappa shape index (κ2) is 18.7. The predicted molar refractivity (Wildman–Crippen MR) is 163 cm³/mol. The molecule has 1 aliphatic rings. The van der Waals surface area contributed by atoms with E-state index in [0.717, 1.165) is 32.1 Å². The van der Waals surface area contributed by atoms with Crippen molar-refractivity contribution < 1.29 is 33.3 Å². The maximum Gasteiger partial charge on any atom is 0.338 e. The molecule has 7 heteroatoms. The summed E-state index contributed by atoms with van der Waals surface area (Å²) >= 11 is 0. The van der Waals surface area contributed by atoms with E-state index in [1.54, 1.807) is 24.3 Å². The van der Waals surface area contributed by atoms with Gasteiger partial charge in [-0.05, 0) is 106 Å². The molecule has 0 N–H and O–H groups in total. The van der Waals surface area contributed by atoms with E-state index in [4.69, 9.17) is 18.9 Å². The zero-order chi connectivity index (χ0) is 30.0. The maximum atomic E-state index is 12.7. The molecule has 0 aliphatic heterocycles. The first kappa shape index (κ1) is 32.9. The Morgan fingerprint density at radius 2 is 1.43 bits per heavy atom. The molecule has 2 aromatic rings. The number of benzene rings is 2.